The first-order chi connectivity index (χ1) is 12.6. The van der Waals surface area contributed by atoms with E-state index in [1.165, 1.54) is 0 Å². The van der Waals surface area contributed by atoms with Crippen LogP contribution in [0.2, 0.25) is 0 Å². The van der Waals surface area contributed by atoms with Gasteiger partial charge < -0.3 is 9.47 Å². The summed E-state index contributed by atoms with van der Waals surface area (Å²) in [7, 11) is 0. The topological polar surface area (TPSA) is 38.1 Å². The molecule has 1 fully saturated rings. The first kappa shape index (κ1) is 16.6. The zero-order valence-corrected chi connectivity index (χ0v) is 15.1. The van der Waals surface area contributed by atoms with Gasteiger partial charge in [-0.25, -0.2) is 4.98 Å². The Morgan fingerprint density at radius 3 is 2.65 bits per heavy atom. The highest BCUT2D eigenvalue weighted by atomic mass is 16.2. The predicted molar refractivity (Wildman–Crippen MR) is 104 cm³/mol. The molecule has 0 saturated carbocycles. The molecule has 26 heavy (non-hydrogen) atoms. The van der Waals surface area contributed by atoms with E-state index in [1.807, 2.05) is 48.2 Å². The van der Waals surface area contributed by atoms with Gasteiger partial charge in [-0.05, 0) is 24.6 Å². The number of likely N-dealkylation sites (tertiary alicyclic amines) is 1. The molecule has 2 aromatic carbocycles. The van der Waals surface area contributed by atoms with Crippen molar-refractivity contribution in [3.63, 3.8) is 0 Å². The summed E-state index contributed by atoms with van der Waals surface area (Å²) in [6.45, 7) is 8.21. The molecule has 0 N–H and O–H groups in total. The van der Waals surface area contributed by atoms with Gasteiger partial charge in [0.05, 0.1) is 11.0 Å². The number of rotatable bonds is 5. The van der Waals surface area contributed by atoms with Crippen molar-refractivity contribution in [1.82, 2.24) is 14.5 Å². The summed E-state index contributed by atoms with van der Waals surface area (Å²) in [5, 5.41) is 0. The second kappa shape index (κ2) is 6.79. The minimum Gasteiger partial charge on any atom is -0.338 e. The summed E-state index contributed by atoms with van der Waals surface area (Å²) in [6.07, 6.45) is 0.520. The molecule has 1 aliphatic heterocycles. The fourth-order valence-corrected chi connectivity index (χ4v) is 3.74. The van der Waals surface area contributed by atoms with Crippen LogP contribution in [0.3, 0.4) is 0 Å². The molecule has 0 bridgehead atoms. The standard InChI is InChI=1S/C22H23N3O/c1-16(2)13-25-20-11-7-6-10-19(20)23-22(25)18-12-21(26)24(15-18)14-17-8-4-3-5-9-17/h3-11,18H,1,12-15H2,2H3/t18-/m1/s1. The number of nitrogens with zero attached hydrogens (tertiary/aromatic N) is 3. The van der Waals surface area contributed by atoms with E-state index >= 15 is 0 Å². The Kier molecular flexibility index (Phi) is 4.33. The largest absolute Gasteiger partial charge is 0.338 e. The lowest BCUT2D eigenvalue weighted by Crippen LogP contribution is -2.24. The van der Waals surface area contributed by atoms with Gasteiger partial charge in [-0.1, -0.05) is 54.6 Å². The van der Waals surface area contributed by atoms with E-state index in [9.17, 15) is 4.79 Å². The lowest BCUT2D eigenvalue weighted by atomic mass is 10.1. The number of amides is 1. The van der Waals surface area contributed by atoms with Crippen LogP contribution in [0, 0.1) is 0 Å². The van der Waals surface area contributed by atoms with E-state index in [4.69, 9.17) is 4.98 Å². The fourth-order valence-electron chi connectivity index (χ4n) is 3.74. The zero-order chi connectivity index (χ0) is 18.1. The van der Waals surface area contributed by atoms with E-state index in [0.717, 1.165) is 34.5 Å². The van der Waals surface area contributed by atoms with Crippen molar-refractivity contribution in [2.75, 3.05) is 6.54 Å². The summed E-state index contributed by atoms with van der Waals surface area (Å²) >= 11 is 0. The molecule has 1 amide bonds. The third-order valence-electron chi connectivity index (χ3n) is 4.91. The lowest BCUT2D eigenvalue weighted by Gasteiger charge is -2.17. The average molecular weight is 345 g/mol. The smallest absolute Gasteiger partial charge is 0.223 e. The molecule has 0 radical (unpaired) electrons. The number of benzene rings is 2. The van der Waals surface area contributed by atoms with Gasteiger partial charge in [-0.2, -0.15) is 0 Å². The number of carbonyl (C=O) groups is 1. The van der Waals surface area contributed by atoms with Crippen LogP contribution in [0.25, 0.3) is 11.0 Å². The van der Waals surface area contributed by atoms with E-state index in [2.05, 4.69) is 29.3 Å². The van der Waals surface area contributed by atoms with Crippen LogP contribution in [0.15, 0.2) is 66.7 Å². The van der Waals surface area contributed by atoms with Gasteiger partial charge in [-0.3, -0.25) is 4.79 Å². The number of aromatic nitrogens is 2. The number of para-hydroxylation sites is 2. The van der Waals surface area contributed by atoms with Crippen molar-refractivity contribution in [1.29, 1.82) is 0 Å². The van der Waals surface area contributed by atoms with Crippen molar-refractivity contribution in [3.8, 4) is 0 Å². The molecular weight excluding hydrogens is 322 g/mol. The van der Waals surface area contributed by atoms with Crippen molar-refractivity contribution in [2.24, 2.45) is 0 Å². The minimum atomic E-state index is 0.123. The van der Waals surface area contributed by atoms with Crippen molar-refractivity contribution < 1.29 is 4.79 Å². The van der Waals surface area contributed by atoms with Crippen molar-refractivity contribution >= 4 is 16.9 Å². The maximum atomic E-state index is 12.6. The summed E-state index contributed by atoms with van der Waals surface area (Å²) < 4.78 is 2.22. The highest BCUT2D eigenvalue weighted by Gasteiger charge is 2.33. The van der Waals surface area contributed by atoms with Crippen LogP contribution in [0.5, 0.6) is 0 Å². The van der Waals surface area contributed by atoms with Gasteiger partial charge in [0.15, 0.2) is 0 Å². The minimum absolute atomic E-state index is 0.123. The molecular formula is C22H23N3O. The average Bonchev–Trinajstić information content (AvgIpc) is 3.17. The van der Waals surface area contributed by atoms with Crippen LogP contribution in [0.1, 0.15) is 30.7 Å². The summed E-state index contributed by atoms with van der Waals surface area (Å²) in [5.41, 5.74) is 4.34. The van der Waals surface area contributed by atoms with Gasteiger partial charge in [0, 0.05) is 32.0 Å². The quantitative estimate of drug-likeness (QED) is 0.652. The van der Waals surface area contributed by atoms with E-state index in [0.29, 0.717) is 19.5 Å². The van der Waals surface area contributed by atoms with Crippen LogP contribution in [-0.2, 0) is 17.9 Å². The van der Waals surface area contributed by atoms with Gasteiger partial charge >= 0.3 is 0 Å². The zero-order valence-electron chi connectivity index (χ0n) is 15.1. The molecule has 1 aromatic heterocycles. The van der Waals surface area contributed by atoms with Crippen LogP contribution in [0.4, 0.5) is 0 Å². The van der Waals surface area contributed by atoms with Crippen molar-refractivity contribution in [3.05, 3.63) is 78.1 Å². The Labute approximate surface area is 153 Å². The second-order valence-electron chi connectivity index (χ2n) is 7.16. The van der Waals surface area contributed by atoms with Gasteiger partial charge in [-0.15, -0.1) is 0 Å². The molecule has 1 saturated heterocycles. The lowest BCUT2D eigenvalue weighted by molar-refractivity contribution is -0.128. The molecule has 0 spiro atoms. The van der Waals surface area contributed by atoms with Crippen LogP contribution >= 0.6 is 0 Å². The molecule has 132 valence electrons. The first-order valence-electron chi connectivity index (χ1n) is 9.03. The molecule has 1 atom stereocenters. The molecule has 3 aromatic rings. The second-order valence-corrected chi connectivity index (χ2v) is 7.16. The maximum Gasteiger partial charge on any atom is 0.223 e. The normalized spacial score (nSPS) is 17.2. The SMILES string of the molecule is C=C(C)Cn1c([C@@H]2CC(=O)N(Cc3ccccc3)C2)nc2ccccc21. The summed E-state index contributed by atoms with van der Waals surface area (Å²) in [6, 6.07) is 18.3. The third-order valence-corrected chi connectivity index (χ3v) is 4.91. The molecule has 4 heteroatoms. The fraction of sp³-hybridized carbons (Fsp3) is 0.273. The highest BCUT2D eigenvalue weighted by molar-refractivity contribution is 5.81. The van der Waals surface area contributed by atoms with Gasteiger partial charge in [0.2, 0.25) is 5.91 Å². The third kappa shape index (κ3) is 3.15. The van der Waals surface area contributed by atoms with Gasteiger partial charge in [0.1, 0.15) is 5.82 Å². The number of imidazole rings is 1. The van der Waals surface area contributed by atoms with E-state index < -0.39 is 0 Å². The molecule has 0 unspecified atom stereocenters. The molecule has 2 heterocycles. The van der Waals surface area contributed by atoms with Crippen molar-refractivity contribution in [2.45, 2.75) is 32.4 Å². The van der Waals surface area contributed by atoms with E-state index in [1.54, 1.807) is 0 Å². The number of carbonyl (C=O) groups excluding carboxylic acids is 1. The summed E-state index contributed by atoms with van der Waals surface area (Å²) in [4.78, 5) is 19.4. The number of allylic oxidation sites excluding steroid dienone is 1. The number of fused-ring (bicyclic) bond motifs is 1. The molecule has 4 nitrogen and oxygen atoms in total. The Hall–Kier alpha value is -2.88. The number of hydrogen-bond acceptors (Lipinski definition) is 2. The number of hydrogen-bond donors (Lipinski definition) is 0. The first-order valence-corrected chi connectivity index (χ1v) is 9.03. The molecule has 0 aliphatic carbocycles. The molecule has 4 rings (SSSR count). The predicted octanol–water partition coefficient (Wildman–Crippen LogP) is 4.13. The summed E-state index contributed by atoms with van der Waals surface area (Å²) in [5.74, 6) is 1.32. The maximum absolute atomic E-state index is 12.6. The molecule has 1 aliphatic rings. The Balaban J connectivity index is 1.63. The van der Waals surface area contributed by atoms with Gasteiger partial charge in [0.25, 0.3) is 0 Å². The Morgan fingerprint density at radius 2 is 1.88 bits per heavy atom. The monoisotopic (exact) mass is 345 g/mol. The Morgan fingerprint density at radius 1 is 1.15 bits per heavy atom. The Bertz CT molecular complexity index is 958. The highest BCUT2D eigenvalue weighted by Crippen LogP contribution is 2.31. The van der Waals surface area contributed by atoms with Crippen LogP contribution < -0.4 is 0 Å². The van der Waals surface area contributed by atoms with E-state index in [-0.39, 0.29) is 11.8 Å². The van der Waals surface area contributed by atoms with Crippen LogP contribution in [-0.4, -0.2) is 26.9 Å².